The van der Waals surface area contributed by atoms with Gasteiger partial charge in [0, 0.05) is 5.56 Å². The van der Waals surface area contributed by atoms with E-state index >= 15 is 0 Å². The van der Waals surface area contributed by atoms with Gasteiger partial charge in [-0.25, -0.2) is 0 Å². The van der Waals surface area contributed by atoms with Gasteiger partial charge in [-0.3, -0.25) is 25.5 Å². The molecule has 4 rings (SSSR count). The van der Waals surface area contributed by atoms with E-state index in [1.54, 1.807) is 24.3 Å². The lowest BCUT2D eigenvalue weighted by Crippen LogP contribution is -2.50. The summed E-state index contributed by atoms with van der Waals surface area (Å²) in [4.78, 5) is 24.5. The lowest BCUT2D eigenvalue weighted by atomic mass is 10.1. The molecule has 0 spiro atoms. The van der Waals surface area contributed by atoms with Crippen molar-refractivity contribution >= 4 is 11.8 Å². The fraction of sp³-hybridized carbons (Fsp3) is 0.150. The molecule has 2 aromatic carbocycles. The molecule has 0 aliphatic carbocycles. The van der Waals surface area contributed by atoms with Crippen LogP contribution in [0.5, 0.6) is 11.5 Å². The molecule has 0 fully saturated rings. The summed E-state index contributed by atoms with van der Waals surface area (Å²) in [5.74, 6) is 0.0330. The van der Waals surface area contributed by atoms with Crippen LogP contribution in [0.3, 0.4) is 0 Å². The largest absolute Gasteiger partial charge is 0.485 e. The van der Waals surface area contributed by atoms with Crippen molar-refractivity contribution in [2.24, 2.45) is 0 Å². The van der Waals surface area contributed by atoms with E-state index in [1.165, 1.54) is 0 Å². The number of aromatic amines is 1. The van der Waals surface area contributed by atoms with Crippen LogP contribution in [0.4, 0.5) is 0 Å². The van der Waals surface area contributed by atoms with E-state index in [1.807, 2.05) is 37.3 Å². The van der Waals surface area contributed by atoms with Crippen molar-refractivity contribution in [3.63, 3.8) is 0 Å². The standard InChI is InChI=1S/C20H18N4O4/c1-12-6-8-13(9-7-12)14-10-15(22-21-14)19(25)23-24-20(26)18-11-27-16-4-2-3-5-17(16)28-18/h2-10,18H,11H2,1H3,(H,21,22)(H,23,25)(H,24,26)/t18-/m1/s1. The van der Waals surface area contributed by atoms with E-state index in [-0.39, 0.29) is 12.3 Å². The van der Waals surface area contributed by atoms with Gasteiger partial charge in [-0.15, -0.1) is 0 Å². The fourth-order valence-corrected chi connectivity index (χ4v) is 2.73. The SMILES string of the molecule is Cc1ccc(-c2cc(C(=O)NNC(=O)[C@H]3COc4ccccc4O3)[nH]n2)cc1. The van der Waals surface area contributed by atoms with Crippen molar-refractivity contribution in [3.05, 3.63) is 65.9 Å². The van der Waals surface area contributed by atoms with Crippen molar-refractivity contribution in [1.82, 2.24) is 21.0 Å². The van der Waals surface area contributed by atoms with E-state index < -0.39 is 17.9 Å². The Bertz CT molecular complexity index is 1010. The van der Waals surface area contributed by atoms with Crippen LogP contribution in [0.1, 0.15) is 16.1 Å². The maximum atomic E-state index is 12.3. The number of fused-ring (bicyclic) bond motifs is 1. The first-order chi connectivity index (χ1) is 13.6. The maximum Gasteiger partial charge on any atom is 0.287 e. The predicted molar refractivity (Wildman–Crippen MR) is 101 cm³/mol. The number of hydrogen-bond donors (Lipinski definition) is 3. The molecule has 1 aliphatic rings. The van der Waals surface area contributed by atoms with E-state index in [0.29, 0.717) is 17.2 Å². The Morgan fingerprint density at radius 2 is 1.82 bits per heavy atom. The van der Waals surface area contributed by atoms with Gasteiger partial charge in [0.25, 0.3) is 11.8 Å². The second-order valence-corrected chi connectivity index (χ2v) is 6.34. The molecule has 3 N–H and O–H groups in total. The summed E-state index contributed by atoms with van der Waals surface area (Å²) in [7, 11) is 0. The topological polar surface area (TPSA) is 105 Å². The number of hydrazine groups is 1. The van der Waals surface area contributed by atoms with Gasteiger partial charge in [-0.1, -0.05) is 42.0 Å². The molecule has 2 heterocycles. The van der Waals surface area contributed by atoms with Crippen molar-refractivity contribution < 1.29 is 19.1 Å². The number of hydrogen-bond acceptors (Lipinski definition) is 5. The highest BCUT2D eigenvalue weighted by Crippen LogP contribution is 2.30. The van der Waals surface area contributed by atoms with Crippen molar-refractivity contribution in [3.8, 4) is 22.8 Å². The molecule has 142 valence electrons. The Kier molecular flexibility index (Phi) is 4.67. The third kappa shape index (κ3) is 3.66. The average molecular weight is 378 g/mol. The lowest BCUT2D eigenvalue weighted by Gasteiger charge is -2.25. The second-order valence-electron chi connectivity index (χ2n) is 6.34. The van der Waals surface area contributed by atoms with Gasteiger partial charge >= 0.3 is 0 Å². The third-order valence-corrected chi connectivity index (χ3v) is 4.27. The van der Waals surface area contributed by atoms with Gasteiger partial charge in [0.15, 0.2) is 11.5 Å². The molecule has 8 heteroatoms. The van der Waals surface area contributed by atoms with E-state index in [4.69, 9.17) is 9.47 Å². The minimum Gasteiger partial charge on any atom is -0.485 e. The second kappa shape index (κ2) is 7.43. The highest BCUT2D eigenvalue weighted by Gasteiger charge is 2.27. The Balaban J connectivity index is 1.34. The van der Waals surface area contributed by atoms with Crippen LogP contribution in [0.2, 0.25) is 0 Å². The molecule has 3 aromatic rings. The van der Waals surface area contributed by atoms with Crippen molar-refractivity contribution in [2.75, 3.05) is 6.61 Å². The molecule has 1 aliphatic heterocycles. The van der Waals surface area contributed by atoms with Crippen LogP contribution in [0.15, 0.2) is 54.6 Å². The summed E-state index contributed by atoms with van der Waals surface area (Å²) >= 11 is 0. The van der Waals surface area contributed by atoms with Gasteiger partial charge in [0.05, 0.1) is 5.69 Å². The van der Waals surface area contributed by atoms with Crippen LogP contribution < -0.4 is 20.3 Å². The van der Waals surface area contributed by atoms with Crippen LogP contribution in [0, 0.1) is 6.92 Å². The third-order valence-electron chi connectivity index (χ3n) is 4.27. The molecule has 8 nitrogen and oxygen atoms in total. The minimum absolute atomic E-state index is 0.0559. The molecule has 1 aromatic heterocycles. The summed E-state index contributed by atoms with van der Waals surface area (Å²) in [6, 6.07) is 16.5. The fourth-order valence-electron chi connectivity index (χ4n) is 2.73. The van der Waals surface area contributed by atoms with Crippen LogP contribution in [-0.4, -0.2) is 34.7 Å². The molecular formula is C20H18N4O4. The minimum atomic E-state index is -0.861. The number of ether oxygens (including phenoxy) is 2. The number of aryl methyl sites for hydroxylation is 1. The van der Waals surface area contributed by atoms with Crippen LogP contribution in [0.25, 0.3) is 11.3 Å². The zero-order valence-corrected chi connectivity index (χ0v) is 15.1. The van der Waals surface area contributed by atoms with Crippen LogP contribution in [-0.2, 0) is 4.79 Å². The highest BCUT2D eigenvalue weighted by molar-refractivity contribution is 5.95. The normalized spacial score (nSPS) is 15.0. The number of benzene rings is 2. The number of nitrogens with one attached hydrogen (secondary N) is 3. The van der Waals surface area contributed by atoms with Gasteiger partial charge < -0.3 is 9.47 Å². The van der Waals surface area contributed by atoms with E-state index in [9.17, 15) is 9.59 Å². The van der Waals surface area contributed by atoms with Crippen molar-refractivity contribution in [2.45, 2.75) is 13.0 Å². The first-order valence-corrected chi connectivity index (χ1v) is 8.71. The summed E-state index contributed by atoms with van der Waals surface area (Å²) in [5.41, 5.74) is 7.58. The van der Waals surface area contributed by atoms with Gasteiger partial charge in [-0.05, 0) is 25.1 Å². The number of H-pyrrole nitrogens is 1. The summed E-state index contributed by atoms with van der Waals surface area (Å²) in [5, 5.41) is 6.80. The number of rotatable bonds is 3. The first kappa shape index (κ1) is 17.6. The summed E-state index contributed by atoms with van der Waals surface area (Å²) in [6.45, 7) is 2.05. The number of nitrogens with zero attached hydrogens (tertiary/aromatic N) is 1. The van der Waals surface area contributed by atoms with E-state index in [0.717, 1.165) is 11.1 Å². The maximum absolute atomic E-state index is 12.3. The molecular weight excluding hydrogens is 360 g/mol. The zero-order chi connectivity index (χ0) is 19.5. The Morgan fingerprint density at radius 3 is 2.61 bits per heavy atom. The molecule has 0 unspecified atom stereocenters. The summed E-state index contributed by atoms with van der Waals surface area (Å²) < 4.78 is 11.1. The highest BCUT2D eigenvalue weighted by atomic mass is 16.6. The van der Waals surface area contributed by atoms with Gasteiger partial charge in [0.2, 0.25) is 6.10 Å². The Morgan fingerprint density at radius 1 is 1.07 bits per heavy atom. The monoisotopic (exact) mass is 378 g/mol. The van der Waals surface area contributed by atoms with E-state index in [2.05, 4.69) is 21.0 Å². The lowest BCUT2D eigenvalue weighted by molar-refractivity contribution is -0.131. The quantitative estimate of drug-likeness (QED) is 0.605. The molecule has 0 radical (unpaired) electrons. The molecule has 0 bridgehead atoms. The number of aromatic nitrogens is 2. The van der Waals surface area contributed by atoms with Crippen LogP contribution >= 0.6 is 0 Å². The molecule has 28 heavy (non-hydrogen) atoms. The predicted octanol–water partition coefficient (Wildman–Crippen LogP) is 1.99. The zero-order valence-electron chi connectivity index (χ0n) is 15.1. The smallest absolute Gasteiger partial charge is 0.287 e. The average Bonchev–Trinajstić information content (AvgIpc) is 3.22. The molecule has 0 saturated carbocycles. The van der Waals surface area contributed by atoms with Gasteiger partial charge in [0.1, 0.15) is 12.3 Å². The number of carbonyl (C=O) groups is 2. The Labute approximate surface area is 160 Å². The Hall–Kier alpha value is -3.81. The van der Waals surface area contributed by atoms with Gasteiger partial charge in [-0.2, -0.15) is 5.10 Å². The number of amides is 2. The summed E-state index contributed by atoms with van der Waals surface area (Å²) in [6.07, 6.45) is -0.861. The number of para-hydroxylation sites is 2. The molecule has 0 saturated heterocycles. The molecule has 2 amide bonds. The number of carbonyl (C=O) groups excluding carboxylic acids is 2. The van der Waals surface area contributed by atoms with Crippen molar-refractivity contribution in [1.29, 1.82) is 0 Å². The first-order valence-electron chi connectivity index (χ1n) is 8.71. The molecule has 1 atom stereocenters.